The highest BCUT2D eigenvalue weighted by atomic mass is 15.0. The Kier molecular flexibility index (Phi) is 2.55. The first-order chi connectivity index (χ1) is 10.3. The third kappa shape index (κ3) is 1.82. The van der Waals surface area contributed by atoms with Crippen molar-refractivity contribution in [2.24, 2.45) is 12.8 Å². The van der Waals surface area contributed by atoms with Gasteiger partial charge in [0.25, 0.3) is 0 Å². The first-order valence-corrected chi connectivity index (χ1v) is 6.84. The molecule has 5 heteroatoms. The molecule has 0 atom stereocenters. The van der Waals surface area contributed by atoms with Gasteiger partial charge in [-0.3, -0.25) is 0 Å². The van der Waals surface area contributed by atoms with Crippen LogP contribution < -0.4 is 5.73 Å². The van der Waals surface area contributed by atoms with E-state index >= 15 is 0 Å². The Morgan fingerprint density at radius 2 is 2.14 bits per heavy atom. The lowest BCUT2D eigenvalue weighted by Crippen LogP contribution is -1.95. The molecule has 1 aromatic carbocycles. The van der Waals surface area contributed by atoms with Gasteiger partial charge in [-0.25, -0.2) is 9.97 Å². The number of nitrogens with zero attached hydrogens (tertiary/aromatic N) is 3. The van der Waals surface area contributed by atoms with Crippen LogP contribution in [0.15, 0.2) is 42.9 Å². The minimum atomic E-state index is 0.540. The van der Waals surface area contributed by atoms with Gasteiger partial charge in [0.05, 0.1) is 18.0 Å². The minimum Gasteiger partial charge on any atom is -0.339 e. The molecular weight excluding hydrogens is 262 g/mol. The molecule has 0 fully saturated rings. The highest BCUT2D eigenvalue weighted by molar-refractivity contribution is 6.03. The first-order valence-electron chi connectivity index (χ1n) is 6.84. The molecule has 0 spiro atoms. The lowest BCUT2D eigenvalue weighted by Gasteiger charge is -2.00. The van der Waals surface area contributed by atoms with Gasteiger partial charge in [0.2, 0.25) is 0 Å². The van der Waals surface area contributed by atoms with E-state index < -0.39 is 0 Å². The van der Waals surface area contributed by atoms with Gasteiger partial charge < -0.3 is 15.3 Å². The van der Waals surface area contributed by atoms with E-state index in [-0.39, 0.29) is 0 Å². The van der Waals surface area contributed by atoms with Crippen molar-refractivity contribution in [3.05, 3.63) is 48.4 Å². The van der Waals surface area contributed by atoms with Crippen molar-refractivity contribution in [3.8, 4) is 11.3 Å². The van der Waals surface area contributed by atoms with E-state index in [2.05, 4.69) is 33.2 Å². The summed E-state index contributed by atoms with van der Waals surface area (Å²) in [6.07, 6.45) is 3.61. The number of benzene rings is 1. The molecule has 0 bridgehead atoms. The Balaban J connectivity index is 1.97. The van der Waals surface area contributed by atoms with Crippen molar-refractivity contribution >= 4 is 22.1 Å². The smallest absolute Gasteiger partial charge is 0.139 e. The molecule has 4 rings (SSSR count). The molecular formula is C16H15N5. The van der Waals surface area contributed by atoms with Crippen molar-refractivity contribution in [2.75, 3.05) is 0 Å². The van der Waals surface area contributed by atoms with E-state index in [4.69, 9.17) is 5.73 Å². The number of pyridine rings is 1. The fourth-order valence-corrected chi connectivity index (χ4v) is 2.74. The third-order valence-corrected chi connectivity index (χ3v) is 3.81. The summed E-state index contributed by atoms with van der Waals surface area (Å²) in [5.41, 5.74) is 11.9. The molecule has 3 aromatic heterocycles. The number of imidazole rings is 1. The normalized spacial score (nSPS) is 11.5. The molecule has 3 heterocycles. The number of aromatic nitrogens is 4. The van der Waals surface area contributed by atoms with Crippen LogP contribution in [0.2, 0.25) is 0 Å². The number of rotatable bonds is 2. The maximum Gasteiger partial charge on any atom is 0.139 e. The van der Waals surface area contributed by atoms with Gasteiger partial charge in [-0.15, -0.1) is 0 Å². The summed E-state index contributed by atoms with van der Waals surface area (Å²) in [5, 5.41) is 1.08. The van der Waals surface area contributed by atoms with Crippen LogP contribution in [0.5, 0.6) is 0 Å². The van der Waals surface area contributed by atoms with Gasteiger partial charge in [0.1, 0.15) is 11.2 Å². The van der Waals surface area contributed by atoms with Gasteiger partial charge >= 0.3 is 0 Å². The van der Waals surface area contributed by atoms with Crippen molar-refractivity contribution in [1.82, 2.24) is 19.5 Å². The molecule has 0 amide bonds. The molecule has 0 aliphatic rings. The van der Waals surface area contributed by atoms with Crippen LogP contribution in [0.4, 0.5) is 0 Å². The molecule has 104 valence electrons. The monoisotopic (exact) mass is 277 g/mol. The molecule has 0 unspecified atom stereocenters. The highest BCUT2D eigenvalue weighted by Gasteiger charge is 2.11. The summed E-state index contributed by atoms with van der Waals surface area (Å²) >= 11 is 0. The Bertz CT molecular complexity index is 948. The lowest BCUT2D eigenvalue weighted by molar-refractivity contribution is 0.951. The minimum absolute atomic E-state index is 0.540. The van der Waals surface area contributed by atoms with Crippen LogP contribution >= 0.6 is 0 Å². The van der Waals surface area contributed by atoms with Crippen LogP contribution in [0.1, 0.15) is 5.56 Å². The van der Waals surface area contributed by atoms with Gasteiger partial charge in [0, 0.05) is 24.7 Å². The fraction of sp³-hybridized carbons (Fsp3) is 0.125. The quantitative estimate of drug-likeness (QED) is 0.591. The number of aromatic amines is 1. The number of H-pyrrole nitrogens is 1. The Morgan fingerprint density at radius 3 is 3.00 bits per heavy atom. The maximum absolute atomic E-state index is 5.72. The van der Waals surface area contributed by atoms with E-state index in [0.717, 1.165) is 38.9 Å². The third-order valence-electron chi connectivity index (χ3n) is 3.81. The van der Waals surface area contributed by atoms with E-state index in [9.17, 15) is 0 Å². The highest BCUT2D eigenvalue weighted by Crippen LogP contribution is 2.28. The zero-order valence-electron chi connectivity index (χ0n) is 11.7. The second-order valence-electron chi connectivity index (χ2n) is 5.20. The lowest BCUT2D eigenvalue weighted by atomic mass is 10.1. The van der Waals surface area contributed by atoms with Crippen LogP contribution in [0.25, 0.3) is 33.3 Å². The molecule has 5 nitrogen and oxygen atoms in total. The first kappa shape index (κ1) is 12.1. The Hall–Kier alpha value is -2.66. The van der Waals surface area contributed by atoms with Crippen LogP contribution in [0, 0.1) is 0 Å². The van der Waals surface area contributed by atoms with Crippen molar-refractivity contribution in [1.29, 1.82) is 0 Å². The van der Waals surface area contributed by atoms with Crippen LogP contribution in [-0.4, -0.2) is 19.5 Å². The molecule has 4 aromatic rings. The SMILES string of the molecule is Cn1cnc2cnc3[nH]c(-c4cccc(CN)c4)cc3c21. The zero-order valence-corrected chi connectivity index (χ0v) is 11.7. The zero-order chi connectivity index (χ0) is 14.4. The van der Waals surface area contributed by atoms with Crippen LogP contribution in [0.3, 0.4) is 0 Å². The summed E-state index contributed by atoms with van der Waals surface area (Å²) in [4.78, 5) is 12.2. The Labute approximate surface area is 121 Å². The van der Waals surface area contributed by atoms with Gasteiger partial charge in [-0.1, -0.05) is 18.2 Å². The number of aryl methyl sites for hydroxylation is 1. The van der Waals surface area contributed by atoms with E-state index in [1.165, 1.54) is 0 Å². The molecule has 21 heavy (non-hydrogen) atoms. The molecule has 0 aliphatic heterocycles. The summed E-state index contributed by atoms with van der Waals surface area (Å²) in [7, 11) is 2.00. The van der Waals surface area contributed by atoms with E-state index in [1.807, 2.05) is 30.1 Å². The van der Waals surface area contributed by atoms with E-state index in [0.29, 0.717) is 6.54 Å². The molecule has 3 N–H and O–H groups in total. The summed E-state index contributed by atoms with van der Waals surface area (Å²) in [6.45, 7) is 0.540. The maximum atomic E-state index is 5.72. The fourth-order valence-electron chi connectivity index (χ4n) is 2.74. The average Bonchev–Trinajstić information content (AvgIpc) is 3.10. The van der Waals surface area contributed by atoms with Gasteiger partial charge in [-0.2, -0.15) is 0 Å². The summed E-state index contributed by atoms with van der Waals surface area (Å²) in [6, 6.07) is 10.4. The number of hydrogen-bond acceptors (Lipinski definition) is 3. The standard InChI is InChI=1S/C16H15N5/c1-21-9-19-14-8-18-16-12(15(14)21)6-13(20-16)11-4-2-3-10(5-11)7-17/h2-6,8-9H,7,17H2,1H3,(H,18,20). The second kappa shape index (κ2) is 4.43. The van der Waals surface area contributed by atoms with E-state index in [1.54, 1.807) is 6.20 Å². The largest absolute Gasteiger partial charge is 0.339 e. The molecule has 0 saturated heterocycles. The molecule has 0 aliphatic carbocycles. The number of nitrogens with two attached hydrogens (primary N) is 1. The number of nitrogens with one attached hydrogen (secondary N) is 1. The number of hydrogen-bond donors (Lipinski definition) is 2. The summed E-state index contributed by atoms with van der Waals surface area (Å²) in [5.74, 6) is 0. The van der Waals surface area contributed by atoms with Crippen molar-refractivity contribution in [3.63, 3.8) is 0 Å². The van der Waals surface area contributed by atoms with Gasteiger partial charge in [0.15, 0.2) is 0 Å². The van der Waals surface area contributed by atoms with Gasteiger partial charge in [-0.05, 0) is 23.3 Å². The topological polar surface area (TPSA) is 72.5 Å². The average molecular weight is 277 g/mol. The van der Waals surface area contributed by atoms with Crippen LogP contribution in [-0.2, 0) is 13.6 Å². The van der Waals surface area contributed by atoms with Crippen molar-refractivity contribution in [2.45, 2.75) is 6.54 Å². The predicted molar refractivity (Wildman–Crippen MR) is 83.7 cm³/mol. The number of fused-ring (bicyclic) bond motifs is 3. The molecule has 0 saturated carbocycles. The summed E-state index contributed by atoms with van der Waals surface area (Å²) < 4.78 is 2.02. The predicted octanol–water partition coefficient (Wildman–Crippen LogP) is 2.58. The Morgan fingerprint density at radius 1 is 1.24 bits per heavy atom. The van der Waals surface area contributed by atoms with Crippen molar-refractivity contribution < 1.29 is 0 Å². The molecule has 0 radical (unpaired) electrons. The second-order valence-corrected chi connectivity index (χ2v) is 5.20.